The summed E-state index contributed by atoms with van der Waals surface area (Å²) >= 11 is 0. The van der Waals surface area contributed by atoms with Crippen LogP contribution in [0.15, 0.2) is 0 Å². The standard InChI is InChI=1S/C17H30N2O4/c1-16(2,3)23-15(21)19-10-8-17(4,9-11-19)22-12-7-14(20)18-13-5-6-13/h13H,5-12H2,1-4H3,(H,18,20). The molecule has 2 amide bonds. The number of rotatable bonds is 5. The quantitative estimate of drug-likeness (QED) is 0.843. The highest BCUT2D eigenvalue weighted by Crippen LogP contribution is 2.27. The Morgan fingerprint density at radius 3 is 2.35 bits per heavy atom. The minimum absolute atomic E-state index is 0.0716. The number of carbonyl (C=O) groups excluding carboxylic acids is 2. The molecule has 23 heavy (non-hydrogen) atoms. The van der Waals surface area contributed by atoms with E-state index < -0.39 is 5.60 Å². The summed E-state index contributed by atoms with van der Waals surface area (Å²) in [6, 6.07) is 0.398. The SMILES string of the molecule is CC(C)(C)OC(=O)N1CCC(C)(OCCC(=O)NC2CC2)CC1. The van der Waals surface area contributed by atoms with Crippen molar-refractivity contribution in [3.05, 3.63) is 0 Å². The van der Waals surface area contributed by atoms with Gasteiger partial charge in [-0.3, -0.25) is 4.79 Å². The molecule has 132 valence electrons. The van der Waals surface area contributed by atoms with Gasteiger partial charge in [-0.25, -0.2) is 4.79 Å². The summed E-state index contributed by atoms with van der Waals surface area (Å²) < 4.78 is 11.3. The Morgan fingerprint density at radius 2 is 1.83 bits per heavy atom. The largest absolute Gasteiger partial charge is 0.444 e. The summed E-state index contributed by atoms with van der Waals surface area (Å²) in [7, 11) is 0. The van der Waals surface area contributed by atoms with Gasteiger partial charge in [0.05, 0.1) is 12.2 Å². The highest BCUT2D eigenvalue weighted by atomic mass is 16.6. The molecular weight excluding hydrogens is 296 g/mol. The molecule has 0 atom stereocenters. The van der Waals surface area contributed by atoms with E-state index in [0.29, 0.717) is 32.2 Å². The number of piperidine rings is 1. The summed E-state index contributed by atoms with van der Waals surface area (Å²) in [5.74, 6) is 0.0716. The van der Waals surface area contributed by atoms with E-state index in [0.717, 1.165) is 25.7 Å². The fraction of sp³-hybridized carbons (Fsp3) is 0.882. The van der Waals surface area contributed by atoms with Gasteiger partial charge >= 0.3 is 6.09 Å². The third-order valence-corrected chi connectivity index (χ3v) is 4.19. The Bertz CT molecular complexity index is 432. The van der Waals surface area contributed by atoms with E-state index in [1.54, 1.807) is 4.90 Å². The molecule has 0 aromatic rings. The molecule has 1 heterocycles. The van der Waals surface area contributed by atoms with Crippen LogP contribution in [0.25, 0.3) is 0 Å². The van der Waals surface area contributed by atoms with Gasteiger partial charge in [0, 0.05) is 25.6 Å². The Balaban J connectivity index is 1.67. The van der Waals surface area contributed by atoms with Gasteiger partial charge in [0.1, 0.15) is 5.60 Å². The van der Waals surface area contributed by atoms with Crippen LogP contribution in [0.2, 0.25) is 0 Å². The Labute approximate surface area is 138 Å². The minimum atomic E-state index is -0.469. The Morgan fingerprint density at radius 1 is 1.22 bits per heavy atom. The summed E-state index contributed by atoms with van der Waals surface area (Å²) in [6.07, 6.45) is 3.87. The number of nitrogens with zero attached hydrogens (tertiary/aromatic N) is 1. The fourth-order valence-electron chi connectivity index (χ4n) is 2.55. The van der Waals surface area contributed by atoms with E-state index in [4.69, 9.17) is 9.47 Å². The van der Waals surface area contributed by atoms with Gasteiger partial charge in [0.15, 0.2) is 0 Å². The molecule has 6 heteroatoms. The van der Waals surface area contributed by atoms with Crippen molar-refractivity contribution in [1.29, 1.82) is 0 Å². The zero-order valence-electron chi connectivity index (χ0n) is 14.8. The van der Waals surface area contributed by atoms with Crippen LogP contribution >= 0.6 is 0 Å². The van der Waals surface area contributed by atoms with E-state index in [-0.39, 0.29) is 17.6 Å². The highest BCUT2D eigenvalue weighted by Gasteiger charge is 2.34. The predicted octanol–water partition coefficient (Wildman–Crippen LogP) is 2.46. The van der Waals surface area contributed by atoms with Crippen LogP contribution in [0.4, 0.5) is 4.79 Å². The molecule has 0 bridgehead atoms. The average molecular weight is 326 g/mol. The first kappa shape index (κ1) is 18.0. The van der Waals surface area contributed by atoms with Gasteiger partial charge in [-0.05, 0) is 53.4 Å². The van der Waals surface area contributed by atoms with Gasteiger partial charge in [-0.15, -0.1) is 0 Å². The second-order valence-electron chi connectivity index (χ2n) is 7.86. The fourth-order valence-corrected chi connectivity index (χ4v) is 2.55. The maximum absolute atomic E-state index is 12.0. The van der Waals surface area contributed by atoms with Crippen LogP contribution in [0, 0.1) is 0 Å². The van der Waals surface area contributed by atoms with E-state index in [9.17, 15) is 9.59 Å². The topological polar surface area (TPSA) is 67.9 Å². The monoisotopic (exact) mass is 326 g/mol. The number of likely N-dealkylation sites (tertiary alicyclic amines) is 1. The molecule has 0 aromatic carbocycles. The molecule has 0 radical (unpaired) electrons. The molecule has 1 aliphatic heterocycles. The van der Waals surface area contributed by atoms with Gasteiger partial charge < -0.3 is 19.7 Å². The number of carbonyl (C=O) groups is 2. The van der Waals surface area contributed by atoms with Crippen LogP contribution in [-0.4, -0.2) is 53.8 Å². The van der Waals surface area contributed by atoms with Gasteiger partial charge in [0.2, 0.25) is 5.91 Å². The van der Waals surface area contributed by atoms with Crippen molar-refractivity contribution in [2.45, 2.75) is 77.0 Å². The third kappa shape index (κ3) is 6.37. The zero-order chi connectivity index (χ0) is 17.1. The maximum Gasteiger partial charge on any atom is 0.410 e. The number of hydrogen-bond donors (Lipinski definition) is 1. The van der Waals surface area contributed by atoms with Crippen LogP contribution in [0.5, 0.6) is 0 Å². The average Bonchev–Trinajstić information content (AvgIpc) is 3.21. The van der Waals surface area contributed by atoms with E-state index in [1.165, 1.54) is 0 Å². The molecule has 6 nitrogen and oxygen atoms in total. The first-order valence-corrected chi connectivity index (χ1v) is 8.58. The molecule has 0 aromatic heterocycles. The first-order valence-electron chi connectivity index (χ1n) is 8.58. The van der Waals surface area contributed by atoms with Gasteiger partial charge in [-0.1, -0.05) is 0 Å². The number of ether oxygens (including phenoxy) is 2. The van der Waals surface area contributed by atoms with Crippen molar-refractivity contribution in [1.82, 2.24) is 10.2 Å². The van der Waals surface area contributed by atoms with Crippen molar-refractivity contribution in [3.8, 4) is 0 Å². The Kier molecular flexibility index (Phi) is 5.55. The molecule has 2 fully saturated rings. The molecular formula is C17H30N2O4. The lowest BCUT2D eigenvalue weighted by molar-refractivity contribution is -0.125. The number of hydrogen-bond acceptors (Lipinski definition) is 4. The van der Waals surface area contributed by atoms with Crippen molar-refractivity contribution in [2.75, 3.05) is 19.7 Å². The molecule has 1 saturated heterocycles. The molecule has 1 N–H and O–H groups in total. The molecule has 0 unspecified atom stereocenters. The van der Waals surface area contributed by atoms with Crippen LogP contribution in [0.1, 0.15) is 59.8 Å². The molecule has 0 spiro atoms. The van der Waals surface area contributed by atoms with Crippen molar-refractivity contribution >= 4 is 12.0 Å². The third-order valence-electron chi connectivity index (χ3n) is 4.19. The minimum Gasteiger partial charge on any atom is -0.444 e. The summed E-state index contributed by atoms with van der Waals surface area (Å²) in [5, 5.41) is 2.96. The second-order valence-corrected chi connectivity index (χ2v) is 7.86. The summed E-state index contributed by atoms with van der Waals surface area (Å²) in [6.45, 7) is 9.34. The molecule has 1 aliphatic carbocycles. The summed E-state index contributed by atoms with van der Waals surface area (Å²) in [4.78, 5) is 25.4. The van der Waals surface area contributed by atoms with Crippen LogP contribution in [-0.2, 0) is 14.3 Å². The predicted molar refractivity (Wildman–Crippen MR) is 87.2 cm³/mol. The lowest BCUT2D eigenvalue weighted by Crippen LogP contribution is -2.48. The van der Waals surface area contributed by atoms with E-state index in [2.05, 4.69) is 12.2 Å². The molecule has 1 saturated carbocycles. The van der Waals surface area contributed by atoms with E-state index >= 15 is 0 Å². The van der Waals surface area contributed by atoms with Gasteiger partial charge in [-0.2, -0.15) is 0 Å². The Hall–Kier alpha value is -1.30. The van der Waals surface area contributed by atoms with Crippen LogP contribution < -0.4 is 5.32 Å². The van der Waals surface area contributed by atoms with Crippen molar-refractivity contribution in [3.63, 3.8) is 0 Å². The summed E-state index contributed by atoms with van der Waals surface area (Å²) in [5.41, 5.74) is -0.734. The second kappa shape index (κ2) is 7.07. The van der Waals surface area contributed by atoms with Gasteiger partial charge in [0.25, 0.3) is 0 Å². The van der Waals surface area contributed by atoms with Crippen molar-refractivity contribution in [2.24, 2.45) is 0 Å². The molecule has 2 aliphatic rings. The zero-order valence-corrected chi connectivity index (χ0v) is 14.8. The lowest BCUT2D eigenvalue weighted by Gasteiger charge is -2.39. The normalized spacial score (nSPS) is 21.0. The van der Waals surface area contributed by atoms with E-state index in [1.807, 2.05) is 20.8 Å². The van der Waals surface area contributed by atoms with Crippen LogP contribution in [0.3, 0.4) is 0 Å². The smallest absolute Gasteiger partial charge is 0.410 e. The molecule has 2 rings (SSSR count). The maximum atomic E-state index is 12.0. The highest BCUT2D eigenvalue weighted by molar-refractivity contribution is 5.76. The van der Waals surface area contributed by atoms with Crippen molar-refractivity contribution < 1.29 is 19.1 Å². The lowest BCUT2D eigenvalue weighted by atomic mass is 9.93. The first-order chi connectivity index (χ1) is 10.7. The number of nitrogens with one attached hydrogen (secondary N) is 1. The number of amides is 2.